The van der Waals surface area contributed by atoms with Gasteiger partial charge in [-0.05, 0) is 83.3 Å². The summed E-state index contributed by atoms with van der Waals surface area (Å²) in [6.07, 6.45) is 4.26. The number of nitrogens with zero attached hydrogens (tertiary/aromatic N) is 2. The molecule has 0 heterocycles. The van der Waals surface area contributed by atoms with Crippen molar-refractivity contribution in [3.63, 3.8) is 0 Å². The molecule has 5 aromatic carbocycles. The summed E-state index contributed by atoms with van der Waals surface area (Å²) in [5.74, 6) is 0. The molecule has 0 aromatic heterocycles. The lowest BCUT2D eigenvalue weighted by atomic mass is 10.00. The lowest BCUT2D eigenvalue weighted by Gasteiger charge is -2.20. The molecule has 0 aliphatic carbocycles. The van der Waals surface area contributed by atoms with Crippen molar-refractivity contribution < 1.29 is 0 Å². The van der Waals surface area contributed by atoms with Gasteiger partial charge in [0.2, 0.25) is 0 Å². The maximum atomic E-state index is 2.30. The van der Waals surface area contributed by atoms with Gasteiger partial charge in [0, 0.05) is 38.6 Å². The molecule has 202 valence electrons. The number of aryl methyl sites for hydroxylation is 4. The second kappa shape index (κ2) is 13.7. The van der Waals surface area contributed by atoms with Gasteiger partial charge in [-0.15, -0.1) is 0 Å². The standard InChI is InChI=1S/C38H40N2/c1-39(29-35-9-5-3-6-10-35)37-25-21-33(22-26-37)19-17-31-13-15-32(16-14-31)18-20-34-23-27-38(28-24-34)40(2)30-36-11-7-4-8-12-36/h3-16,21-28H,17-20,29-30H2,1-2H3. The van der Waals surface area contributed by atoms with Gasteiger partial charge in [0.25, 0.3) is 0 Å². The molecule has 0 N–H and O–H groups in total. The van der Waals surface area contributed by atoms with Crippen molar-refractivity contribution >= 4 is 11.4 Å². The van der Waals surface area contributed by atoms with E-state index < -0.39 is 0 Å². The average molecular weight is 525 g/mol. The molecule has 0 amide bonds. The van der Waals surface area contributed by atoms with Crippen LogP contribution in [-0.4, -0.2) is 14.1 Å². The van der Waals surface area contributed by atoms with Crippen LogP contribution in [0.4, 0.5) is 11.4 Å². The SMILES string of the molecule is CN(Cc1ccccc1)c1ccc(CCc2ccc(CCc3ccc(N(C)Cc4ccccc4)cc3)cc2)cc1. The van der Waals surface area contributed by atoms with E-state index in [1.165, 1.54) is 44.8 Å². The zero-order valence-corrected chi connectivity index (χ0v) is 23.8. The molecule has 0 radical (unpaired) electrons. The van der Waals surface area contributed by atoms with Crippen molar-refractivity contribution in [2.75, 3.05) is 23.9 Å². The first-order valence-electron chi connectivity index (χ1n) is 14.4. The molecule has 2 nitrogen and oxygen atoms in total. The summed E-state index contributed by atoms with van der Waals surface area (Å²) < 4.78 is 0. The van der Waals surface area contributed by atoms with Crippen LogP contribution in [0.5, 0.6) is 0 Å². The Bertz CT molecular complexity index is 1310. The third kappa shape index (κ3) is 7.86. The monoisotopic (exact) mass is 524 g/mol. The molecule has 0 fully saturated rings. The van der Waals surface area contributed by atoms with Gasteiger partial charge < -0.3 is 9.80 Å². The molecule has 5 rings (SSSR count). The van der Waals surface area contributed by atoms with Crippen LogP contribution < -0.4 is 9.80 Å². The molecule has 0 atom stereocenters. The third-order valence-electron chi connectivity index (χ3n) is 7.71. The molecule has 0 saturated carbocycles. The first-order chi connectivity index (χ1) is 19.6. The van der Waals surface area contributed by atoms with E-state index in [-0.39, 0.29) is 0 Å². The summed E-state index contributed by atoms with van der Waals surface area (Å²) in [5.41, 5.74) is 10.8. The fourth-order valence-corrected chi connectivity index (χ4v) is 5.18. The minimum absolute atomic E-state index is 0.921. The van der Waals surface area contributed by atoms with Gasteiger partial charge >= 0.3 is 0 Å². The molecule has 0 aliphatic rings. The van der Waals surface area contributed by atoms with Crippen LogP contribution in [0.15, 0.2) is 133 Å². The summed E-state index contributed by atoms with van der Waals surface area (Å²) in [6.45, 7) is 1.84. The van der Waals surface area contributed by atoms with Crippen LogP contribution in [0, 0.1) is 0 Å². The van der Waals surface area contributed by atoms with E-state index in [0.717, 1.165) is 38.8 Å². The zero-order valence-electron chi connectivity index (χ0n) is 23.8. The first-order valence-corrected chi connectivity index (χ1v) is 14.4. The molecule has 5 aromatic rings. The highest BCUT2D eigenvalue weighted by Gasteiger charge is 2.05. The Morgan fingerprint density at radius 2 is 0.600 bits per heavy atom. The molecule has 40 heavy (non-hydrogen) atoms. The fourth-order valence-electron chi connectivity index (χ4n) is 5.18. The molecule has 0 saturated heterocycles. The van der Waals surface area contributed by atoms with Crippen molar-refractivity contribution in [3.8, 4) is 0 Å². The summed E-state index contributed by atoms with van der Waals surface area (Å²) >= 11 is 0. The third-order valence-corrected chi connectivity index (χ3v) is 7.71. The van der Waals surface area contributed by atoms with E-state index in [9.17, 15) is 0 Å². The lowest BCUT2D eigenvalue weighted by molar-refractivity contribution is 0.915. The molecule has 0 spiro atoms. The van der Waals surface area contributed by atoms with Crippen LogP contribution in [0.25, 0.3) is 0 Å². The quantitative estimate of drug-likeness (QED) is 0.161. The van der Waals surface area contributed by atoms with Crippen LogP contribution in [-0.2, 0) is 38.8 Å². The van der Waals surface area contributed by atoms with Gasteiger partial charge in [0.15, 0.2) is 0 Å². The van der Waals surface area contributed by atoms with E-state index in [2.05, 4.69) is 157 Å². The van der Waals surface area contributed by atoms with Gasteiger partial charge in [-0.1, -0.05) is 109 Å². The van der Waals surface area contributed by atoms with Crippen molar-refractivity contribution in [2.24, 2.45) is 0 Å². The highest BCUT2D eigenvalue weighted by atomic mass is 15.1. The molecule has 0 aliphatic heterocycles. The highest BCUT2D eigenvalue weighted by Crippen LogP contribution is 2.20. The van der Waals surface area contributed by atoms with Crippen molar-refractivity contribution in [3.05, 3.63) is 167 Å². The van der Waals surface area contributed by atoms with Crippen LogP contribution in [0.3, 0.4) is 0 Å². The fraction of sp³-hybridized carbons (Fsp3) is 0.211. The number of hydrogen-bond acceptors (Lipinski definition) is 2. The van der Waals surface area contributed by atoms with Gasteiger partial charge in [0.1, 0.15) is 0 Å². The zero-order chi connectivity index (χ0) is 27.6. The smallest absolute Gasteiger partial charge is 0.0426 e. The molecule has 0 bridgehead atoms. The summed E-state index contributed by atoms with van der Waals surface area (Å²) in [6, 6.07) is 48.6. The highest BCUT2D eigenvalue weighted by molar-refractivity contribution is 5.48. The van der Waals surface area contributed by atoms with E-state index >= 15 is 0 Å². The molecular formula is C38H40N2. The Kier molecular flexibility index (Phi) is 9.32. The summed E-state index contributed by atoms with van der Waals surface area (Å²) in [7, 11) is 4.31. The van der Waals surface area contributed by atoms with E-state index in [0.29, 0.717) is 0 Å². The number of anilines is 2. The van der Waals surface area contributed by atoms with Gasteiger partial charge in [-0.25, -0.2) is 0 Å². The van der Waals surface area contributed by atoms with E-state index in [1.807, 2.05) is 0 Å². The van der Waals surface area contributed by atoms with Gasteiger partial charge in [-0.3, -0.25) is 0 Å². The van der Waals surface area contributed by atoms with Gasteiger partial charge in [0.05, 0.1) is 0 Å². The predicted molar refractivity (Wildman–Crippen MR) is 171 cm³/mol. The van der Waals surface area contributed by atoms with Gasteiger partial charge in [-0.2, -0.15) is 0 Å². The van der Waals surface area contributed by atoms with Crippen LogP contribution in [0.2, 0.25) is 0 Å². The second-order valence-electron chi connectivity index (χ2n) is 10.8. The van der Waals surface area contributed by atoms with Crippen LogP contribution in [0.1, 0.15) is 33.4 Å². The maximum Gasteiger partial charge on any atom is 0.0426 e. The average Bonchev–Trinajstić information content (AvgIpc) is 3.01. The van der Waals surface area contributed by atoms with Crippen LogP contribution >= 0.6 is 0 Å². The minimum atomic E-state index is 0.921. The minimum Gasteiger partial charge on any atom is -0.370 e. The van der Waals surface area contributed by atoms with E-state index in [1.54, 1.807) is 0 Å². The number of benzene rings is 5. The summed E-state index contributed by atoms with van der Waals surface area (Å²) in [4.78, 5) is 4.60. The lowest BCUT2D eigenvalue weighted by Crippen LogP contribution is -2.16. The molecule has 0 unspecified atom stereocenters. The first kappa shape index (κ1) is 27.3. The normalized spacial score (nSPS) is 10.8. The van der Waals surface area contributed by atoms with Crippen molar-refractivity contribution in [2.45, 2.75) is 38.8 Å². The predicted octanol–water partition coefficient (Wildman–Crippen LogP) is 8.53. The Hall–Kier alpha value is -4.30. The number of hydrogen-bond donors (Lipinski definition) is 0. The largest absolute Gasteiger partial charge is 0.370 e. The Morgan fingerprint density at radius 1 is 0.325 bits per heavy atom. The Balaban J connectivity index is 1.06. The van der Waals surface area contributed by atoms with E-state index in [4.69, 9.17) is 0 Å². The second-order valence-corrected chi connectivity index (χ2v) is 10.8. The van der Waals surface area contributed by atoms with Crippen molar-refractivity contribution in [1.29, 1.82) is 0 Å². The molecular weight excluding hydrogens is 484 g/mol. The summed E-state index contributed by atoms with van der Waals surface area (Å²) in [5, 5.41) is 0. The number of rotatable bonds is 12. The Labute approximate surface area is 240 Å². The molecule has 2 heteroatoms. The van der Waals surface area contributed by atoms with Crippen molar-refractivity contribution in [1.82, 2.24) is 0 Å². The Morgan fingerprint density at radius 3 is 0.900 bits per heavy atom. The topological polar surface area (TPSA) is 6.48 Å². The maximum absolute atomic E-state index is 2.30.